The van der Waals surface area contributed by atoms with E-state index in [9.17, 15) is 0 Å². The van der Waals surface area contributed by atoms with E-state index in [-0.39, 0.29) is 0 Å². The molecule has 1 saturated carbocycles. The average molecular weight is 351 g/mol. The lowest BCUT2D eigenvalue weighted by Crippen LogP contribution is -2.47. The van der Waals surface area contributed by atoms with E-state index in [0.717, 1.165) is 62.7 Å². The zero-order chi connectivity index (χ0) is 17.3. The molecule has 2 aromatic heterocycles. The van der Waals surface area contributed by atoms with Crippen molar-refractivity contribution in [3.63, 3.8) is 0 Å². The van der Waals surface area contributed by atoms with Crippen LogP contribution in [0.4, 0.5) is 17.6 Å². The molecule has 5 rings (SSSR count). The number of rotatable bonds is 4. The topological polar surface area (TPSA) is 61.3 Å². The third-order valence-corrected chi connectivity index (χ3v) is 5.55. The maximum Gasteiger partial charge on any atom is 0.227 e. The molecule has 0 unspecified atom stereocenters. The fourth-order valence-electron chi connectivity index (χ4n) is 3.83. The van der Waals surface area contributed by atoms with E-state index in [2.05, 4.69) is 24.7 Å². The highest BCUT2D eigenvalue weighted by Crippen LogP contribution is 2.38. The van der Waals surface area contributed by atoms with Crippen LogP contribution in [-0.2, 0) is 0 Å². The Balaban J connectivity index is 1.25. The number of anilines is 3. The molecule has 0 amide bonds. The largest absolute Gasteiger partial charge is 0.356 e. The highest BCUT2D eigenvalue weighted by molar-refractivity contribution is 5.46. The first kappa shape index (κ1) is 15.8. The summed E-state index contributed by atoms with van der Waals surface area (Å²) in [7, 11) is 0. The molecule has 0 bridgehead atoms. The summed E-state index contributed by atoms with van der Waals surface area (Å²) in [5.41, 5.74) is 0. The van der Waals surface area contributed by atoms with E-state index in [1.807, 2.05) is 24.5 Å². The second-order valence-corrected chi connectivity index (χ2v) is 7.43. The predicted octanol–water partition coefficient (Wildman–Crippen LogP) is 2.07. The van der Waals surface area contributed by atoms with Gasteiger partial charge in [-0.15, -0.1) is 0 Å². The van der Waals surface area contributed by atoms with Gasteiger partial charge in [-0.25, -0.2) is 15.0 Å². The lowest BCUT2D eigenvalue weighted by atomic mass is 10.3. The number of piperazine rings is 1. The Morgan fingerprint density at radius 1 is 0.692 bits per heavy atom. The predicted molar refractivity (Wildman–Crippen MR) is 102 cm³/mol. The van der Waals surface area contributed by atoms with Gasteiger partial charge in [-0.05, 0) is 37.8 Å². The number of aromatic nitrogens is 4. The first-order valence-corrected chi connectivity index (χ1v) is 9.78. The molecule has 26 heavy (non-hydrogen) atoms. The Hall–Kier alpha value is -2.44. The van der Waals surface area contributed by atoms with Gasteiger partial charge in [-0.1, -0.05) is 0 Å². The second-order valence-electron chi connectivity index (χ2n) is 7.43. The molecule has 136 valence electrons. The highest BCUT2D eigenvalue weighted by atomic mass is 15.3. The Labute approximate surface area is 154 Å². The molecular weight excluding hydrogens is 326 g/mol. The lowest BCUT2D eigenvalue weighted by molar-refractivity contribution is 0.631. The Bertz CT molecular complexity index is 762. The van der Waals surface area contributed by atoms with E-state index in [4.69, 9.17) is 9.97 Å². The molecule has 3 fully saturated rings. The van der Waals surface area contributed by atoms with E-state index < -0.39 is 0 Å². The first-order chi connectivity index (χ1) is 12.9. The quantitative estimate of drug-likeness (QED) is 0.835. The Morgan fingerprint density at radius 3 is 2.04 bits per heavy atom. The Morgan fingerprint density at radius 2 is 1.31 bits per heavy atom. The van der Waals surface area contributed by atoms with Crippen molar-refractivity contribution in [1.82, 2.24) is 19.9 Å². The van der Waals surface area contributed by atoms with Crippen molar-refractivity contribution in [2.45, 2.75) is 31.6 Å². The highest BCUT2D eigenvalue weighted by Gasteiger charge is 2.28. The smallest absolute Gasteiger partial charge is 0.227 e. The molecular formula is C19H25N7. The normalized spacial score (nSPS) is 20.7. The van der Waals surface area contributed by atoms with Gasteiger partial charge >= 0.3 is 0 Å². The number of nitrogens with zero attached hydrogens (tertiary/aromatic N) is 7. The summed E-state index contributed by atoms with van der Waals surface area (Å²) in [4.78, 5) is 25.6. The maximum atomic E-state index is 4.82. The monoisotopic (exact) mass is 351 g/mol. The molecule has 3 aliphatic rings. The van der Waals surface area contributed by atoms with Crippen LogP contribution in [0.5, 0.6) is 0 Å². The summed E-state index contributed by atoms with van der Waals surface area (Å²) in [6, 6.07) is 4.07. The summed E-state index contributed by atoms with van der Waals surface area (Å²) < 4.78 is 0. The minimum Gasteiger partial charge on any atom is -0.356 e. The van der Waals surface area contributed by atoms with Crippen molar-refractivity contribution in [2.75, 3.05) is 54.0 Å². The van der Waals surface area contributed by atoms with Crippen LogP contribution < -0.4 is 14.7 Å². The van der Waals surface area contributed by atoms with Crippen molar-refractivity contribution in [3.05, 3.63) is 30.4 Å². The standard InChI is InChI=1S/C19H25N7/c1-2-10-24(9-1)17-6-8-21-19(23-17)26-13-11-25(12-14-26)16-5-7-20-18(22-16)15-3-4-15/h5-8,15H,1-4,9-14H2. The van der Waals surface area contributed by atoms with Crippen molar-refractivity contribution in [3.8, 4) is 0 Å². The van der Waals surface area contributed by atoms with Gasteiger partial charge in [-0.3, -0.25) is 0 Å². The van der Waals surface area contributed by atoms with Crippen LogP contribution in [0.1, 0.15) is 37.4 Å². The van der Waals surface area contributed by atoms with Crippen LogP contribution in [0.25, 0.3) is 0 Å². The SMILES string of the molecule is c1cc(N2CCN(c3nccc(N4CCCC4)n3)CC2)nc(C2CC2)n1. The first-order valence-electron chi connectivity index (χ1n) is 9.78. The minimum atomic E-state index is 0.595. The van der Waals surface area contributed by atoms with Gasteiger partial charge in [-0.2, -0.15) is 4.98 Å². The summed E-state index contributed by atoms with van der Waals surface area (Å²) in [6.07, 6.45) is 8.81. The van der Waals surface area contributed by atoms with Crippen LogP contribution in [0.15, 0.2) is 24.5 Å². The van der Waals surface area contributed by atoms with E-state index >= 15 is 0 Å². The van der Waals surface area contributed by atoms with Gasteiger partial charge in [0.2, 0.25) is 5.95 Å². The summed E-state index contributed by atoms with van der Waals surface area (Å²) >= 11 is 0. The fraction of sp³-hybridized carbons (Fsp3) is 0.579. The molecule has 7 heteroatoms. The summed E-state index contributed by atoms with van der Waals surface area (Å²) in [6.45, 7) is 5.96. The molecule has 0 spiro atoms. The van der Waals surface area contributed by atoms with E-state index in [1.165, 1.54) is 25.7 Å². The van der Waals surface area contributed by atoms with Crippen molar-refractivity contribution >= 4 is 17.6 Å². The van der Waals surface area contributed by atoms with E-state index in [0.29, 0.717) is 5.92 Å². The van der Waals surface area contributed by atoms with Gasteiger partial charge in [0, 0.05) is 57.6 Å². The third-order valence-electron chi connectivity index (χ3n) is 5.55. The second kappa shape index (κ2) is 6.70. The fourth-order valence-corrected chi connectivity index (χ4v) is 3.83. The average Bonchev–Trinajstić information content (AvgIpc) is 3.42. The van der Waals surface area contributed by atoms with Crippen molar-refractivity contribution in [2.24, 2.45) is 0 Å². The molecule has 2 saturated heterocycles. The summed E-state index contributed by atoms with van der Waals surface area (Å²) in [5.74, 6) is 4.60. The van der Waals surface area contributed by atoms with Crippen molar-refractivity contribution < 1.29 is 0 Å². The molecule has 2 aromatic rings. The van der Waals surface area contributed by atoms with Gasteiger partial charge in [0.05, 0.1) is 0 Å². The van der Waals surface area contributed by atoms with E-state index in [1.54, 1.807) is 0 Å². The minimum absolute atomic E-state index is 0.595. The van der Waals surface area contributed by atoms with Gasteiger partial charge in [0.25, 0.3) is 0 Å². The van der Waals surface area contributed by atoms with Crippen molar-refractivity contribution in [1.29, 1.82) is 0 Å². The maximum absolute atomic E-state index is 4.82. The molecule has 2 aliphatic heterocycles. The zero-order valence-electron chi connectivity index (χ0n) is 15.1. The molecule has 0 N–H and O–H groups in total. The van der Waals surface area contributed by atoms with Crippen LogP contribution in [-0.4, -0.2) is 59.2 Å². The lowest BCUT2D eigenvalue weighted by Gasteiger charge is -2.35. The van der Waals surface area contributed by atoms with Crippen LogP contribution in [0, 0.1) is 0 Å². The molecule has 1 aliphatic carbocycles. The van der Waals surface area contributed by atoms with Crippen LogP contribution in [0.2, 0.25) is 0 Å². The number of hydrogen-bond acceptors (Lipinski definition) is 7. The van der Waals surface area contributed by atoms with Gasteiger partial charge in [0.1, 0.15) is 17.5 Å². The third kappa shape index (κ3) is 3.18. The molecule has 0 atom stereocenters. The molecule has 4 heterocycles. The van der Waals surface area contributed by atoms with Crippen LogP contribution in [0.3, 0.4) is 0 Å². The van der Waals surface area contributed by atoms with Gasteiger partial charge in [0.15, 0.2) is 0 Å². The number of hydrogen-bond donors (Lipinski definition) is 0. The summed E-state index contributed by atoms with van der Waals surface area (Å²) in [5, 5.41) is 0. The molecule has 0 radical (unpaired) electrons. The zero-order valence-corrected chi connectivity index (χ0v) is 15.1. The van der Waals surface area contributed by atoms with Gasteiger partial charge < -0.3 is 14.7 Å². The Kier molecular flexibility index (Phi) is 4.07. The molecule has 0 aromatic carbocycles. The van der Waals surface area contributed by atoms with Crippen LogP contribution >= 0.6 is 0 Å². The molecule has 7 nitrogen and oxygen atoms in total.